The minimum Gasteiger partial charge on any atom is -0.396 e. The molecule has 90 valence electrons. The molecule has 0 saturated heterocycles. The van der Waals surface area contributed by atoms with Gasteiger partial charge in [-0.3, -0.25) is 4.98 Å². The van der Waals surface area contributed by atoms with Crippen molar-refractivity contribution in [3.05, 3.63) is 29.8 Å². The number of rotatable bonds is 7. The Balaban J connectivity index is 2.24. The van der Waals surface area contributed by atoms with Crippen LogP contribution in [0.5, 0.6) is 0 Å². The number of pyridine rings is 1. The van der Waals surface area contributed by atoms with Crippen LogP contribution in [0, 0.1) is 5.82 Å². The molecule has 0 aliphatic rings. The van der Waals surface area contributed by atoms with Crippen molar-refractivity contribution < 1.29 is 9.50 Å². The maximum atomic E-state index is 12.6. The molecule has 0 fully saturated rings. The smallest absolute Gasteiger partial charge is 0.141 e. The number of hydrogen-bond donors (Lipinski definition) is 2. The summed E-state index contributed by atoms with van der Waals surface area (Å²) in [5.74, 6) is -0.307. The van der Waals surface area contributed by atoms with Crippen molar-refractivity contribution in [3.8, 4) is 0 Å². The molecule has 0 aliphatic carbocycles. The summed E-state index contributed by atoms with van der Waals surface area (Å²) in [6.07, 6.45) is 4.14. The van der Waals surface area contributed by atoms with Crippen molar-refractivity contribution in [3.63, 3.8) is 0 Å². The Bertz CT molecular complexity index is 290. The second kappa shape index (κ2) is 7.30. The molecular weight excluding hydrogens is 207 g/mol. The van der Waals surface area contributed by atoms with Crippen molar-refractivity contribution >= 4 is 0 Å². The molecule has 1 aromatic rings. The van der Waals surface area contributed by atoms with Gasteiger partial charge in [0.25, 0.3) is 0 Å². The number of nitrogens with one attached hydrogen (secondary N) is 1. The summed E-state index contributed by atoms with van der Waals surface area (Å²) in [5.41, 5.74) is 0.851. The molecule has 3 nitrogen and oxygen atoms in total. The quantitative estimate of drug-likeness (QED) is 0.699. The Kier molecular flexibility index (Phi) is 5.96. The normalized spacial score (nSPS) is 12.7. The van der Waals surface area contributed by atoms with Crippen molar-refractivity contribution in [2.75, 3.05) is 13.2 Å². The summed E-state index contributed by atoms with van der Waals surface area (Å²) in [6, 6.07) is 3.25. The van der Waals surface area contributed by atoms with Gasteiger partial charge in [-0.2, -0.15) is 0 Å². The van der Waals surface area contributed by atoms with Crippen molar-refractivity contribution in [2.45, 2.75) is 32.2 Å². The molecule has 0 bridgehead atoms. The number of aromatic nitrogens is 1. The van der Waals surface area contributed by atoms with Crippen LogP contribution >= 0.6 is 0 Å². The molecule has 0 amide bonds. The second-order valence-electron chi connectivity index (χ2n) is 3.86. The van der Waals surface area contributed by atoms with Crippen LogP contribution in [0.1, 0.15) is 37.9 Å². The highest BCUT2D eigenvalue weighted by Gasteiger charge is 2.05. The number of halogens is 1. The molecule has 0 radical (unpaired) electrons. The summed E-state index contributed by atoms with van der Waals surface area (Å²) in [6.45, 7) is 3.15. The van der Waals surface area contributed by atoms with Crippen LogP contribution in [-0.4, -0.2) is 23.2 Å². The monoisotopic (exact) mass is 226 g/mol. The van der Waals surface area contributed by atoms with Crippen LogP contribution in [0.4, 0.5) is 4.39 Å². The number of nitrogens with zero attached hydrogens (tertiary/aromatic N) is 1. The Labute approximate surface area is 95.7 Å². The molecule has 0 saturated carbocycles. The Morgan fingerprint density at radius 3 is 2.81 bits per heavy atom. The van der Waals surface area contributed by atoms with Gasteiger partial charge in [0.1, 0.15) is 5.82 Å². The molecule has 1 atom stereocenters. The third-order valence-corrected chi connectivity index (χ3v) is 2.48. The first-order valence-corrected chi connectivity index (χ1v) is 5.69. The third kappa shape index (κ3) is 4.68. The van der Waals surface area contributed by atoms with Gasteiger partial charge in [0, 0.05) is 12.6 Å². The first-order valence-electron chi connectivity index (χ1n) is 5.69. The van der Waals surface area contributed by atoms with Crippen LogP contribution in [0.2, 0.25) is 0 Å². The highest BCUT2D eigenvalue weighted by atomic mass is 19.1. The predicted molar refractivity (Wildman–Crippen MR) is 61.5 cm³/mol. The van der Waals surface area contributed by atoms with Gasteiger partial charge in [0.05, 0.1) is 11.9 Å². The molecule has 1 aromatic heterocycles. The van der Waals surface area contributed by atoms with Crippen LogP contribution in [0.15, 0.2) is 18.3 Å². The van der Waals surface area contributed by atoms with Crippen LogP contribution < -0.4 is 5.32 Å². The molecule has 1 heterocycles. The fourth-order valence-electron chi connectivity index (χ4n) is 1.48. The van der Waals surface area contributed by atoms with E-state index in [9.17, 15) is 4.39 Å². The Hall–Kier alpha value is -1.00. The standard InChI is InChI=1S/C12H19FN2O/c1-10(14-7-3-2-4-8-16)12-6-5-11(13)9-15-12/h5-6,9-10,14,16H,2-4,7-8H2,1H3. The Morgan fingerprint density at radius 1 is 1.38 bits per heavy atom. The van der Waals surface area contributed by atoms with E-state index in [2.05, 4.69) is 10.3 Å². The average Bonchev–Trinajstić information content (AvgIpc) is 2.29. The topological polar surface area (TPSA) is 45.1 Å². The molecule has 16 heavy (non-hydrogen) atoms. The zero-order chi connectivity index (χ0) is 11.8. The van der Waals surface area contributed by atoms with E-state index in [-0.39, 0.29) is 18.5 Å². The van der Waals surface area contributed by atoms with Crippen molar-refractivity contribution in [1.82, 2.24) is 10.3 Å². The van der Waals surface area contributed by atoms with Gasteiger partial charge < -0.3 is 10.4 Å². The van der Waals surface area contributed by atoms with Gasteiger partial charge in [-0.15, -0.1) is 0 Å². The van der Waals surface area contributed by atoms with Gasteiger partial charge in [-0.25, -0.2) is 4.39 Å². The van der Waals surface area contributed by atoms with Crippen molar-refractivity contribution in [2.24, 2.45) is 0 Å². The van der Waals surface area contributed by atoms with E-state index in [1.807, 2.05) is 6.92 Å². The van der Waals surface area contributed by atoms with Gasteiger partial charge in [0.2, 0.25) is 0 Å². The molecule has 4 heteroatoms. The molecule has 0 aliphatic heterocycles. The fraction of sp³-hybridized carbons (Fsp3) is 0.583. The van der Waals surface area contributed by atoms with Crippen molar-refractivity contribution in [1.29, 1.82) is 0 Å². The minimum absolute atomic E-state index is 0.134. The first-order chi connectivity index (χ1) is 7.74. The van der Waals surface area contributed by atoms with Crippen LogP contribution in [0.3, 0.4) is 0 Å². The zero-order valence-corrected chi connectivity index (χ0v) is 9.62. The van der Waals surface area contributed by atoms with E-state index in [0.717, 1.165) is 31.5 Å². The maximum Gasteiger partial charge on any atom is 0.141 e. The van der Waals surface area contributed by atoms with Gasteiger partial charge in [-0.1, -0.05) is 0 Å². The zero-order valence-electron chi connectivity index (χ0n) is 9.62. The highest BCUT2D eigenvalue weighted by Crippen LogP contribution is 2.09. The van der Waals surface area contributed by atoms with E-state index >= 15 is 0 Å². The van der Waals surface area contributed by atoms with E-state index in [1.54, 1.807) is 6.07 Å². The molecule has 1 unspecified atom stereocenters. The van der Waals surface area contributed by atoms with Crippen LogP contribution in [0.25, 0.3) is 0 Å². The summed E-state index contributed by atoms with van der Waals surface area (Å²) >= 11 is 0. The molecule has 2 N–H and O–H groups in total. The number of aliphatic hydroxyl groups is 1. The number of hydrogen-bond acceptors (Lipinski definition) is 3. The van der Waals surface area contributed by atoms with Gasteiger partial charge in [0.15, 0.2) is 0 Å². The summed E-state index contributed by atoms with van der Waals surface area (Å²) < 4.78 is 12.6. The third-order valence-electron chi connectivity index (χ3n) is 2.48. The predicted octanol–water partition coefficient (Wildman–Crippen LogP) is 2.03. The fourth-order valence-corrected chi connectivity index (χ4v) is 1.48. The first kappa shape index (κ1) is 13.1. The van der Waals surface area contributed by atoms with E-state index in [1.165, 1.54) is 12.3 Å². The number of aliphatic hydroxyl groups excluding tert-OH is 1. The van der Waals surface area contributed by atoms with E-state index < -0.39 is 0 Å². The van der Waals surface area contributed by atoms with E-state index in [4.69, 9.17) is 5.11 Å². The molecule has 0 aromatic carbocycles. The lowest BCUT2D eigenvalue weighted by atomic mass is 10.2. The molecular formula is C12H19FN2O. The van der Waals surface area contributed by atoms with E-state index in [0.29, 0.717) is 0 Å². The lowest BCUT2D eigenvalue weighted by Crippen LogP contribution is -2.20. The lowest BCUT2D eigenvalue weighted by molar-refractivity contribution is 0.282. The SMILES string of the molecule is CC(NCCCCCO)c1ccc(F)cn1. The number of unbranched alkanes of at least 4 members (excludes halogenated alkanes) is 2. The second-order valence-corrected chi connectivity index (χ2v) is 3.86. The van der Waals surface area contributed by atoms with Crippen LogP contribution in [-0.2, 0) is 0 Å². The lowest BCUT2D eigenvalue weighted by Gasteiger charge is -2.12. The summed E-state index contributed by atoms with van der Waals surface area (Å²) in [4.78, 5) is 4.02. The molecule has 1 rings (SSSR count). The summed E-state index contributed by atoms with van der Waals surface area (Å²) in [7, 11) is 0. The highest BCUT2D eigenvalue weighted by molar-refractivity contribution is 5.08. The molecule has 0 spiro atoms. The van der Waals surface area contributed by atoms with Gasteiger partial charge >= 0.3 is 0 Å². The summed E-state index contributed by atoms with van der Waals surface area (Å²) in [5, 5.41) is 11.9. The minimum atomic E-state index is -0.307. The maximum absolute atomic E-state index is 12.6. The average molecular weight is 226 g/mol. The van der Waals surface area contributed by atoms with Gasteiger partial charge in [-0.05, 0) is 44.9 Å². The largest absolute Gasteiger partial charge is 0.396 e. The Morgan fingerprint density at radius 2 is 2.19 bits per heavy atom.